The molecule has 1 heterocycles. The molecule has 0 fully saturated rings. The van der Waals surface area contributed by atoms with Crippen molar-refractivity contribution in [2.24, 2.45) is 0 Å². The molecule has 2 rings (SSSR count). The summed E-state index contributed by atoms with van der Waals surface area (Å²) in [6.07, 6.45) is 0. The van der Waals surface area contributed by atoms with Gasteiger partial charge in [0.25, 0.3) is 0 Å². The highest BCUT2D eigenvalue weighted by atomic mass is 16.5. The predicted molar refractivity (Wildman–Crippen MR) is 72.1 cm³/mol. The average Bonchev–Trinajstić information content (AvgIpc) is 2.32. The number of aryl methyl sites for hydroxylation is 2. The molecule has 1 aromatic carbocycles. The average molecular weight is 243 g/mol. The molecule has 0 amide bonds. The molecule has 0 unspecified atom stereocenters. The molecule has 4 heteroatoms. The summed E-state index contributed by atoms with van der Waals surface area (Å²) in [7, 11) is 1.63. The van der Waals surface area contributed by atoms with Gasteiger partial charge in [0.05, 0.1) is 12.3 Å². The van der Waals surface area contributed by atoms with Gasteiger partial charge in [-0.15, -0.1) is 0 Å². The van der Waals surface area contributed by atoms with Crippen molar-refractivity contribution in [3.8, 4) is 11.4 Å². The van der Waals surface area contributed by atoms with Crippen LogP contribution in [0.2, 0.25) is 0 Å². The van der Waals surface area contributed by atoms with Crippen molar-refractivity contribution in [2.75, 3.05) is 12.8 Å². The highest BCUT2D eigenvalue weighted by molar-refractivity contribution is 5.59. The van der Waals surface area contributed by atoms with E-state index in [1.54, 1.807) is 13.2 Å². The lowest BCUT2D eigenvalue weighted by Gasteiger charge is -2.07. The second-order valence-corrected chi connectivity index (χ2v) is 4.34. The van der Waals surface area contributed by atoms with E-state index in [1.165, 1.54) is 11.1 Å². The molecule has 0 aliphatic heterocycles. The summed E-state index contributed by atoms with van der Waals surface area (Å²) >= 11 is 0. The smallest absolute Gasteiger partial charge is 0.161 e. The Morgan fingerprint density at radius 1 is 1.11 bits per heavy atom. The molecular formula is C14H17N3O. The van der Waals surface area contributed by atoms with Gasteiger partial charge in [-0.3, -0.25) is 0 Å². The van der Waals surface area contributed by atoms with E-state index in [-0.39, 0.29) is 0 Å². The molecule has 0 saturated carbocycles. The maximum atomic E-state index is 5.79. The van der Waals surface area contributed by atoms with Gasteiger partial charge in [0.1, 0.15) is 5.82 Å². The number of hydrogen-bond donors (Lipinski definition) is 1. The van der Waals surface area contributed by atoms with Gasteiger partial charge >= 0.3 is 0 Å². The highest BCUT2D eigenvalue weighted by Crippen LogP contribution is 2.20. The molecule has 2 aromatic rings. The largest absolute Gasteiger partial charge is 0.384 e. The van der Waals surface area contributed by atoms with E-state index in [0.717, 1.165) is 11.3 Å². The molecule has 0 spiro atoms. The topological polar surface area (TPSA) is 61.0 Å². The second kappa shape index (κ2) is 5.14. The molecule has 4 nitrogen and oxygen atoms in total. The van der Waals surface area contributed by atoms with Crippen LogP contribution in [0, 0.1) is 13.8 Å². The SMILES string of the molecule is COCc1cc(N)nc(-c2ccc(C)c(C)c2)n1. The Morgan fingerprint density at radius 3 is 2.56 bits per heavy atom. The molecule has 0 radical (unpaired) electrons. The number of aromatic nitrogens is 2. The van der Waals surface area contributed by atoms with Gasteiger partial charge in [-0.2, -0.15) is 0 Å². The summed E-state index contributed by atoms with van der Waals surface area (Å²) in [4.78, 5) is 8.72. The lowest BCUT2D eigenvalue weighted by atomic mass is 10.1. The van der Waals surface area contributed by atoms with Crippen LogP contribution in [0.5, 0.6) is 0 Å². The van der Waals surface area contributed by atoms with Gasteiger partial charge in [0, 0.05) is 18.7 Å². The van der Waals surface area contributed by atoms with Crippen LogP contribution in [-0.4, -0.2) is 17.1 Å². The van der Waals surface area contributed by atoms with Crippen LogP contribution in [0.15, 0.2) is 24.3 Å². The van der Waals surface area contributed by atoms with Gasteiger partial charge in [0.15, 0.2) is 5.82 Å². The van der Waals surface area contributed by atoms with Crippen molar-refractivity contribution in [2.45, 2.75) is 20.5 Å². The van der Waals surface area contributed by atoms with Crippen molar-refractivity contribution in [1.82, 2.24) is 9.97 Å². The molecule has 94 valence electrons. The molecule has 0 bridgehead atoms. The number of ether oxygens (including phenoxy) is 1. The van der Waals surface area contributed by atoms with E-state index in [1.807, 2.05) is 6.07 Å². The number of nitrogen functional groups attached to an aromatic ring is 1. The van der Waals surface area contributed by atoms with Gasteiger partial charge < -0.3 is 10.5 Å². The first kappa shape index (κ1) is 12.5. The summed E-state index contributed by atoms with van der Waals surface area (Å²) in [6, 6.07) is 7.87. The summed E-state index contributed by atoms with van der Waals surface area (Å²) in [5, 5.41) is 0. The Morgan fingerprint density at radius 2 is 1.89 bits per heavy atom. The van der Waals surface area contributed by atoms with Gasteiger partial charge in [-0.1, -0.05) is 12.1 Å². The number of hydrogen-bond acceptors (Lipinski definition) is 4. The van der Waals surface area contributed by atoms with Crippen molar-refractivity contribution < 1.29 is 4.74 Å². The minimum Gasteiger partial charge on any atom is -0.384 e. The van der Waals surface area contributed by atoms with Gasteiger partial charge in [-0.05, 0) is 31.0 Å². The zero-order valence-corrected chi connectivity index (χ0v) is 10.9. The Labute approximate surface area is 107 Å². The van der Waals surface area contributed by atoms with Crippen LogP contribution in [0.1, 0.15) is 16.8 Å². The molecule has 0 atom stereocenters. The van der Waals surface area contributed by atoms with Crippen LogP contribution in [0.4, 0.5) is 5.82 Å². The number of nitrogens with two attached hydrogens (primary N) is 1. The Kier molecular flexibility index (Phi) is 3.58. The third-order valence-electron chi connectivity index (χ3n) is 2.86. The number of benzene rings is 1. The standard InChI is InChI=1S/C14H17N3O/c1-9-4-5-11(6-10(9)2)14-16-12(8-18-3)7-13(15)17-14/h4-7H,8H2,1-3H3,(H2,15,16,17). The number of nitrogens with zero attached hydrogens (tertiary/aromatic N) is 2. The molecule has 2 N–H and O–H groups in total. The van der Waals surface area contributed by atoms with Gasteiger partial charge in [-0.25, -0.2) is 9.97 Å². The molecule has 18 heavy (non-hydrogen) atoms. The lowest BCUT2D eigenvalue weighted by Crippen LogP contribution is -2.01. The maximum absolute atomic E-state index is 5.79. The van der Waals surface area contributed by atoms with Crippen molar-refractivity contribution in [3.05, 3.63) is 41.1 Å². The Hall–Kier alpha value is -1.94. The second-order valence-electron chi connectivity index (χ2n) is 4.34. The molecular weight excluding hydrogens is 226 g/mol. The van der Waals surface area contributed by atoms with Gasteiger partial charge in [0.2, 0.25) is 0 Å². The van der Waals surface area contributed by atoms with Crippen molar-refractivity contribution in [3.63, 3.8) is 0 Å². The monoisotopic (exact) mass is 243 g/mol. The third-order valence-corrected chi connectivity index (χ3v) is 2.86. The van der Waals surface area contributed by atoms with E-state index >= 15 is 0 Å². The van der Waals surface area contributed by atoms with E-state index in [9.17, 15) is 0 Å². The summed E-state index contributed by atoms with van der Waals surface area (Å²) in [6.45, 7) is 4.58. The van der Waals surface area contributed by atoms with E-state index in [0.29, 0.717) is 18.2 Å². The fourth-order valence-corrected chi connectivity index (χ4v) is 1.75. The summed E-state index contributed by atoms with van der Waals surface area (Å²) in [5.74, 6) is 1.11. The van der Waals surface area contributed by atoms with Crippen LogP contribution >= 0.6 is 0 Å². The highest BCUT2D eigenvalue weighted by Gasteiger charge is 2.06. The van der Waals surface area contributed by atoms with Crippen molar-refractivity contribution >= 4 is 5.82 Å². The zero-order valence-electron chi connectivity index (χ0n) is 10.9. The van der Waals surface area contributed by atoms with Crippen LogP contribution in [0.25, 0.3) is 11.4 Å². The normalized spacial score (nSPS) is 10.6. The number of anilines is 1. The number of methoxy groups -OCH3 is 1. The Balaban J connectivity index is 2.46. The third kappa shape index (κ3) is 2.65. The zero-order chi connectivity index (χ0) is 13.1. The minimum absolute atomic E-state index is 0.435. The predicted octanol–water partition coefficient (Wildman–Crippen LogP) is 2.49. The molecule has 1 aromatic heterocycles. The van der Waals surface area contributed by atoms with Crippen molar-refractivity contribution in [1.29, 1.82) is 0 Å². The fraction of sp³-hybridized carbons (Fsp3) is 0.286. The molecule has 0 saturated heterocycles. The summed E-state index contributed by atoms with van der Waals surface area (Å²) < 4.78 is 5.07. The maximum Gasteiger partial charge on any atom is 0.161 e. The molecule has 0 aliphatic rings. The fourth-order valence-electron chi connectivity index (χ4n) is 1.75. The van der Waals surface area contributed by atoms with E-state index in [2.05, 4.69) is 35.9 Å². The first-order chi connectivity index (χ1) is 8.60. The van der Waals surface area contributed by atoms with Crippen LogP contribution in [0.3, 0.4) is 0 Å². The lowest BCUT2D eigenvalue weighted by molar-refractivity contribution is 0.181. The van der Waals surface area contributed by atoms with E-state index < -0.39 is 0 Å². The first-order valence-corrected chi connectivity index (χ1v) is 5.80. The Bertz CT molecular complexity index is 567. The van der Waals surface area contributed by atoms with Crippen LogP contribution in [-0.2, 0) is 11.3 Å². The number of rotatable bonds is 3. The molecule has 0 aliphatic carbocycles. The quantitative estimate of drug-likeness (QED) is 0.899. The van der Waals surface area contributed by atoms with Crippen LogP contribution < -0.4 is 5.73 Å². The van der Waals surface area contributed by atoms with E-state index in [4.69, 9.17) is 10.5 Å². The minimum atomic E-state index is 0.435. The first-order valence-electron chi connectivity index (χ1n) is 5.80. The summed E-state index contributed by atoms with van der Waals surface area (Å²) in [5.41, 5.74) is 10.0.